The van der Waals surface area contributed by atoms with Crippen LogP contribution in [0.3, 0.4) is 0 Å². The molecular weight excluding hydrogens is 242 g/mol. The minimum Gasteiger partial charge on any atom is -0.480 e. The molecular formula is C15H27NO3. The summed E-state index contributed by atoms with van der Waals surface area (Å²) in [5, 5.41) is 19.5. The Morgan fingerprint density at radius 3 is 2.47 bits per heavy atom. The Balaban J connectivity index is 1.84. The van der Waals surface area contributed by atoms with Gasteiger partial charge in [0.25, 0.3) is 0 Å². The Kier molecular flexibility index (Phi) is 5.64. The highest BCUT2D eigenvalue weighted by atomic mass is 16.4. The van der Waals surface area contributed by atoms with Crippen molar-refractivity contribution >= 4 is 5.97 Å². The second-order valence-electron chi connectivity index (χ2n) is 6.24. The molecule has 1 aliphatic carbocycles. The Morgan fingerprint density at radius 2 is 1.79 bits per heavy atom. The van der Waals surface area contributed by atoms with Crippen LogP contribution in [0.2, 0.25) is 0 Å². The molecule has 4 heteroatoms. The second kappa shape index (κ2) is 7.25. The number of hydrogen-bond donors (Lipinski definition) is 2. The summed E-state index contributed by atoms with van der Waals surface area (Å²) in [7, 11) is 0. The highest BCUT2D eigenvalue weighted by Gasteiger charge is 2.29. The molecule has 19 heavy (non-hydrogen) atoms. The smallest absolute Gasteiger partial charge is 0.320 e. The molecule has 0 aromatic carbocycles. The average molecular weight is 269 g/mol. The normalized spacial score (nSPS) is 28.2. The zero-order valence-electron chi connectivity index (χ0n) is 11.8. The van der Waals surface area contributed by atoms with E-state index in [9.17, 15) is 15.0 Å². The Morgan fingerprint density at radius 1 is 1.11 bits per heavy atom. The van der Waals surface area contributed by atoms with E-state index in [0.717, 1.165) is 38.6 Å². The van der Waals surface area contributed by atoms with Crippen molar-refractivity contribution in [3.05, 3.63) is 0 Å². The maximum Gasteiger partial charge on any atom is 0.320 e. The third-order valence-corrected chi connectivity index (χ3v) is 4.67. The van der Waals surface area contributed by atoms with Gasteiger partial charge in [0, 0.05) is 6.54 Å². The SMILES string of the molecule is O=C(O)C1CCCCCN1CC(O)CC1CCCC1. The van der Waals surface area contributed by atoms with E-state index >= 15 is 0 Å². The van der Waals surface area contributed by atoms with Crippen LogP contribution >= 0.6 is 0 Å². The lowest BCUT2D eigenvalue weighted by Gasteiger charge is -2.29. The molecule has 0 spiro atoms. The molecule has 110 valence electrons. The van der Waals surface area contributed by atoms with Crippen LogP contribution in [0, 0.1) is 5.92 Å². The van der Waals surface area contributed by atoms with Crippen LogP contribution in [0.25, 0.3) is 0 Å². The van der Waals surface area contributed by atoms with Gasteiger partial charge in [0.1, 0.15) is 6.04 Å². The fraction of sp³-hybridized carbons (Fsp3) is 0.933. The molecule has 2 unspecified atom stereocenters. The monoisotopic (exact) mass is 269 g/mol. The molecule has 2 N–H and O–H groups in total. The molecule has 2 aliphatic rings. The van der Waals surface area contributed by atoms with Gasteiger partial charge >= 0.3 is 5.97 Å². The van der Waals surface area contributed by atoms with Crippen LogP contribution in [0.15, 0.2) is 0 Å². The van der Waals surface area contributed by atoms with E-state index in [1.807, 2.05) is 4.90 Å². The van der Waals surface area contributed by atoms with Crippen molar-refractivity contribution in [1.29, 1.82) is 0 Å². The summed E-state index contributed by atoms with van der Waals surface area (Å²) in [6.07, 6.45) is 9.43. The predicted molar refractivity (Wildman–Crippen MR) is 74.0 cm³/mol. The summed E-state index contributed by atoms with van der Waals surface area (Å²) in [5.41, 5.74) is 0. The number of β-amino-alcohol motifs (C(OH)–C–C–N with tert-alkyl or cyclic N) is 1. The van der Waals surface area contributed by atoms with E-state index in [2.05, 4.69) is 0 Å². The molecule has 0 amide bonds. The fourth-order valence-corrected chi connectivity index (χ4v) is 3.64. The summed E-state index contributed by atoms with van der Waals surface area (Å²) >= 11 is 0. The number of aliphatic hydroxyl groups is 1. The second-order valence-corrected chi connectivity index (χ2v) is 6.24. The molecule has 1 heterocycles. The van der Waals surface area contributed by atoms with Gasteiger partial charge in [0.15, 0.2) is 0 Å². The number of carboxylic acid groups (broad SMARTS) is 1. The van der Waals surface area contributed by atoms with Crippen LogP contribution < -0.4 is 0 Å². The number of likely N-dealkylation sites (tertiary alicyclic amines) is 1. The van der Waals surface area contributed by atoms with Crippen molar-refractivity contribution in [1.82, 2.24) is 4.90 Å². The molecule has 0 aromatic heterocycles. The molecule has 1 saturated heterocycles. The fourth-order valence-electron chi connectivity index (χ4n) is 3.64. The number of rotatable bonds is 5. The maximum atomic E-state index is 11.3. The van der Waals surface area contributed by atoms with Crippen LogP contribution in [0.4, 0.5) is 0 Å². The van der Waals surface area contributed by atoms with Crippen molar-refractivity contribution in [3.63, 3.8) is 0 Å². The van der Waals surface area contributed by atoms with Crippen molar-refractivity contribution in [2.45, 2.75) is 69.9 Å². The van der Waals surface area contributed by atoms with Crippen molar-refractivity contribution < 1.29 is 15.0 Å². The molecule has 4 nitrogen and oxygen atoms in total. The molecule has 2 fully saturated rings. The largest absolute Gasteiger partial charge is 0.480 e. The lowest BCUT2D eigenvalue weighted by atomic mass is 9.99. The number of carbonyl (C=O) groups is 1. The summed E-state index contributed by atoms with van der Waals surface area (Å²) in [6.45, 7) is 1.35. The zero-order valence-corrected chi connectivity index (χ0v) is 11.8. The van der Waals surface area contributed by atoms with Gasteiger partial charge in [0.05, 0.1) is 6.10 Å². The summed E-state index contributed by atoms with van der Waals surface area (Å²) < 4.78 is 0. The van der Waals surface area contributed by atoms with Gasteiger partial charge in [-0.1, -0.05) is 38.5 Å². The van der Waals surface area contributed by atoms with Gasteiger partial charge in [-0.15, -0.1) is 0 Å². The molecule has 2 atom stereocenters. The Labute approximate surface area is 115 Å². The van der Waals surface area contributed by atoms with Gasteiger partial charge < -0.3 is 10.2 Å². The molecule has 2 rings (SSSR count). The lowest BCUT2D eigenvalue weighted by molar-refractivity contribution is -0.143. The molecule has 0 aromatic rings. The number of nitrogens with zero attached hydrogens (tertiary/aromatic N) is 1. The minimum absolute atomic E-state index is 0.358. The van der Waals surface area contributed by atoms with Crippen LogP contribution in [-0.2, 0) is 4.79 Å². The molecule has 0 radical (unpaired) electrons. The van der Waals surface area contributed by atoms with E-state index in [4.69, 9.17) is 0 Å². The van der Waals surface area contributed by atoms with E-state index < -0.39 is 5.97 Å². The van der Waals surface area contributed by atoms with Gasteiger partial charge in [0.2, 0.25) is 0 Å². The van der Waals surface area contributed by atoms with Gasteiger partial charge in [-0.3, -0.25) is 9.69 Å². The maximum absolute atomic E-state index is 11.3. The van der Waals surface area contributed by atoms with Gasteiger partial charge in [-0.25, -0.2) is 0 Å². The molecule has 0 bridgehead atoms. The number of carboxylic acids is 1. The van der Waals surface area contributed by atoms with E-state index in [1.165, 1.54) is 25.7 Å². The summed E-state index contributed by atoms with van der Waals surface area (Å²) in [6, 6.07) is -0.388. The number of aliphatic hydroxyl groups excluding tert-OH is 1. The summed E-state index contributed by atoms with van der Waals surface area (Å²) in [4.78, 5) is 13.3. The number of hydrogen-bond acceptors (Lipinski definition) is 3. The van der Waals surface area contributed by atoms with Crippen molar-refractivity contribution in [3.8, 4) is 0 Å². The number of aliphatic carboxylic acids is 1. The Hall–Kier alpha value is -0.610. The topological polar surface area (TPSA) is 60.8 Å². The average Bonchev–Trinajstić information content (AvgIpc) is 2.73. The van der Waals surface area contributed by atoms with Crippen LogP contribution in [-0.4, -0.2) is 46.3 Å². The third-order valence-electron chi connectivity index (χ3n) is 4.67. The van der Waals surface area contributed by atoms with E-state index in [0.29, 0.717) is 12.5 Å². The highest BCUT2D eigenvalue weighted by molar-refractivity contribution is 5.73. The molecule has 1 saturated carbocycles. The van der Waals surface area contributed by atoms with Gasteiger partial charge in [-0.2, -0.15) is 0 Å². The van der Waals surface area contributed by atoms with Crippen LogP contribution in [0.5, 0.6) is 0 Å². The first-order valence-electron chi connectivity index (χ1n) is 7.81. The van der Waals surface area contributed by atoms with Crippen LogP contribution in [0.1, 0.15) is 57.8 Å². The van der Waals surface area contributed by atoms with E-state index in [-0.39, 0.29) is 12.1 Å². The van der Waals surface area contributed by atoms with Crippen molar-refractivity contribution in [2.24, 2.45) is 5.92 Å². The molecule has 1 aliphatic heterocycles. The standard InChI is InChI=1S/C15H27NO3/c17-13(10-12-6-3-4-7-12)11-16-9-5-1-2-8-14(16)15(18)19/h12-14,17H,1-11H2,(H,18,19). The minimum atomic E-state index is -0.727. The first-order chi connectivity index (χ1) is 9.16. The third kappa shape index (κ3) is 4.46. The first-order valence-corrected chi connectivity index (χ1v) is 7.81. The first kappa shape index (κ1) is 14.8. The predicted octanol–water partition coefficient (Wildman–Crippen LogP) is 2.26. The van der Waals surface area contributed by atoms with E-state index in [1.54, 1.807) is 0 Å². The van der Waals surface area contributed by atoms with Gasteiger partial charge in [-0.05, 0) is 31.7 Å². The Bertz CT molecular complexity index is 289. The summed E-state index contributed by atoms with van der Waals surface area (Å²) in [5.74, 6) is -0.0692. The lowest BCUT2D eigenvalue weighted by Crippen LogP contribution is -2.44. The van der Waals surface area contributed by atoms with Crippen molar-refractivity contribution in [2.75, 3.05) is 13.1 Å². The highest BCUT2D eigenvalue weighted by Crippen LogP contribution is 2.29. The zero-order chi connectivity index (χ0) is 13.7. The quantitative estimate of drug-likeness (QED) is 0.803.